The van der Waals surface area contributed by atoms with Crippen molar-refractivity contribution < 1.29 is 9.53 Å². The third-order valence-electron chi connectivity index (χ3n) is 4.68. The molecule has 0 bridgehead atoms. The number of carbonyl (C=O) groups is 1. The minimum atomic E-state index is 0.244. The van der Waals surface area contributed by atoms with Crippen LogP contribution in [0.1, 0.15) is 12.8 Å². The molecule has 1 heterocycles. The number of rotatable bonds is 6. The number of hydrogen-bond acceptors (Lipinski definition) is 4. The van der Waals surface area contributed by atoms with Gasteiger partial charge in [0.15, 0.2) is 0 Å². The zero-order valence-electron chi connectivity index (χ0n) is 15.6. The number of methoxy groups -OCH3 is 1. The summed E-state index contributed by atoms with van der Waals surface area (Å²) in [5, 5.41) is 0.737. The fourth-order valence-electron chi connectivity index (χ4n) is 3.16. The van der Waals surface area contributed by atoms with Gasteiger partial charge in [-0.25, -0.2) is 0 Å². The van der Waals surface area contributed by atoms with E-state index in [9.17, 15) is 4.79 Å². The maximum Gasteiger partial charge on any atom is 0.223 e. The van der Waals surface area contributed by atoms with Gasteiger partial charge in [-0.15, -0.1) is 11.8 Å². The number of ether oxygens (including phenoxy) is 1. The van der Waals surface area contributed by atoms with E-state index in [-0.39, 0.29) is 5.91 Å². The van der Waals surface area contributed by atoms with Gasteiger partial charge in [0, 0.05) is 54.0 Å². The van der Waals surface area contributed by atoms with Gasteiger partial charge in [0.05, 0.1) is 7.11 Å². The van der Waals surface area contributed by atoms with Crippen molar-refractivity contribution >= 4 is 35.0 Å². The van der Waals surface area contributed by atoms with Gasteiger partial charge in [0.25, 0.3) is 0 Å². The standard InChI is InChI=1S/C21H25ClN2O2S/c1-26-19-7-5-18(6-8-19)23-12-2-13-24(15-14-23)21(25)11-16-27-20-9-3-17(22)4-10-20/h3-10H,2,11-16H2,1H3. The van der Waals surface area contributed by atoms with E-state index in [1.165, 1.54) is 5.69 Å². The minimum Gasteiger partial charge on any atom is -0.497 e. The van der Waals surface area contributed by atoms with Gasteiger partial charge in [-0.3, -0.25) is 4.79 Å². The highest BCUT2D eigenvalue weighted by Crippen LogP contribution is 2.23. The van der Waals surface area contributed by atoms with Gasteiger partial charge < -0.3 is 14.5 Å². The van der Waals surface area contributed by atoms with Crippen molar-refractivity contribution in [3.05, 3.63) is 53.6 Å². The van der Waals surface area contributed by atoms with E-state index >= 15 is 0 Å². The molecule has 0 radical (unpaired) electrons. The molecule has 0 atom stereocenters. The molecule has 1 aliphatic rings. The average Bonchev–Trinajstić information content (AvgIpc) is 2.96. The number of amides is 1. The molecule has 0 saturated carbocycles. The van der Waals surface area contributed by atoms with Crippen LogP contribution in [-0.2, 0) is 4.79 Å². The van der Waals surface area contributed by atoms with Crippen LogP contribution in [0.25, 0.3) is 0 Å². The summed E-state index contributed by atoms with van der Waals surface area (Å²) < 4.78 is 5.23. The Morgan fingerprint density at radius 3 is 2.48 bits per heavy atom. The molecule has 0 N–H and O–H groups in total. The predicted octanol–water partition coefficient (Wildman–Crippen LogP) is 4.57. The number of hydrogen-bond donors (Lipinski definition) is 0. The Kier molecular flexibility index (Phi) is 7.30. The summed E-state index contributed by atoms with van der Waals surface area (Å²) >= 11 is 7.60. The average molecular weight is 405 g/mol. The molecule has 6 heteroatoms. The van der Waals surface area contributed by atoms with E-state index in [2.05, 4.69) is 17.0 Å². The Labute approximate surface area is 170 Å². The fourth-order valence-corrected chi connectivity index (χ4v) is 4.13. The number of benzene rings is 2. The Morgan fingerprint density at radius 2 is 1.78 bits per heavy atom. The quantitative estimate of drug-likeness (QED) is 0.660. The lowest BCUT2D eigenvalue weighted by Crippen LogP contribution is -2.35. The fraction of sp³-hybridized carbons (Fsp3) is 0.381. The van der Waals surface area contributed by atoms with E-state index < -0.39 is 0 Å². The highest BCUT2D eigenvalue weighted by Gasteiger charge is 2.19. The summed E-state index contributed by atoms with van der Waals surface area (Å²) in [6.07, 6.45) is 1.55. The van der Waals surface area contributed by atoms with Crippen LogP contribution in [0.3, 0.4) is 0 Å². The number of halogens is 1. The second kappa shape index (κ2) is 9.90. The molecule has 0 aromatic heterocycles. The maximum absolute atomic E-state index is 12.6. The molecule has 4 nitrogen and oxygen atoms in total. The Morgan fingerprint density at radius 1 is 1.04 bits per heavy atom. The van der Waals surface area contributed by atoms with Crippen molar-refractivity contribution in [2.45, 2.75) is 17.7 Å². The van der Waals surface area contributed by atoms with E-state index in [4.69, 9.17) is 16.3 Å². The second-order valence-corrected chi connectivity index (χ2v) is 8.08. The normalized spacial score (nSPS) is 14.7. The second-order valence-electron chi connectivity index (χ2n) is 6.47. The summed E-state index contributed by atoms with van der Waals surface area (Å²) in [5.74, 6) is 1.90. The van der Waals surface area contributed by atoms with Crippen LogP contribution in [0.15, 0.2) is 53.4 Å². The van der Waals surface area contributed by atoms with Crippen LogP contribution in [-0.4, -0.2) is 49.8 Å². The van der Waals surface area contributed by atoms with Crippen molar-refractivity contribution in [1.82, 2.24) is 4.90 Å². The molecule has 1 amide bonds. The Balaban J connectivity index is 1.46. The largest absolute Gasteiger partial charge is 0.497 e. The topological polar surface area (TPSA) is 32.8 Å². The molecule has 1 fully saturated rings. The number of carbonyl (C=O) groups excluding carboxylic acids is 1. The van der Waals surface area contributed by atoms with E-state index in [1.54, 1.807) is 18.9 Å². The van der Waals surface area contributed by atoms with Gasteiger partial charge in [-0.05, 0) is 55.0 Å². The first kappa shape index (κ1) is 19.9. The first-order valence-electron chi connectivity index (χ1n) is 9.21. The third kappa shape index (κ3) is 5.81. The first-order chi connectivity index (χ1) is 13.2. The monoisotopic (exact) mass is 404 g/mol. The summed E-state index contributed by atoms with van der Waals surface area (Å²) in [6.45, 7) is 3.44. The zero-order chi connectivity index (χ0) is 19.1. The van der Waals surface area contributed by atoms with Gasteiger partial charge >= 0.3 is 0 Å². The number of thioether (sulfide) groups is 1. The highest BCUT2D eigenvalue weighted by atomic mass is 35.5. The molecule has 0 unspecified atom stereocenters. The summed E-state index contributed by atoms with van der Waals surface area (Å²) in [5.41, 5.74) is 1.18. The molecule has 1 saturated heterocycles. The summed E-state index contributed by atoms with van der Waals surface area (Å²) in [6, 6.07) is 15.9. The van der Waals surface area contributed by atoms with Crippen molar-refractivity contribution in [1.29, 1.82) is 0 Å². The van der Waals surface area contributed by atoms with E-state index in [0.717, 1.165) is 54.0 Å². The maximum atomic E-state index is 12.6. The van der Waals surface area contributed by atoms with Crippen molar-refractivity contribution in [3.8, 4) is 5.75 Å². The van der Waals surface area contributed by atoms with Crippen LogP contribution >= 0.6 is 23.4 Å². The molecular weight excluding hydrogens is 380 g/mol. The lowest BCUT2D eigenvalue weighted by Gasteiger charge is -2.24. The zero-order valence-corrected chi connectivity index (χ0v) is 17.1. The molecule has 144 valence electrons. The molecule has 3 rings (SSSR count). The van der Waals surface area contributed by atoms with Gasteiger partial charge in [0.1, 0.15) is 5.75 Å². The Hall–Kier alpha value is -1.85. The lowest BCUT2D eigenvalue weighted by atomic mass is 10.2. The summed E-state index contributed by atoms with van der Waals surface area (Å²) in [4.78, 5) is 18.1. The SMILES string of the molecule is COc1ccc(N2CCCN(C(=O)CCSc3ccc(Cl)cc3)CC2)cc1. The van der Waals surface area contributed by atoms with Crippen molar-refractivity contribution in [2.75, 3.05) is 43.9 Å². The van der Waals surface area contributed by atoms with Crippen molar-refractivity contribution in [3.63, 3.8) is 0 Å². The van der Waals surface area contributed by atoms with Gasteiger partial charge in [0.2, 0.25) is 5.91 Å². The number of nitrogens with zero attached hydrogens (tertiary/aromatic N) is 2. The van der Waals surface area contributed by atoms with Gasteiger partial charge in [-0.2, -0.15) is 0 Å². The van der Waals surface area contributed by atoms with Crippen LogP contribution in [0.5, 0.6) is 5.75 Å². The molecule has 2 aromatic rings. The van der Waals surface area contributed by atoms with E-state index in [1.807, 2.05) is 41.3 Å². The predicted molar refractivity (Wildman–Crippen MR) is 113 cm³/mol. The molecule has 2 aromatic carbocycles. The van der Waals surface area contributed by atoms with E-state index in [0.29, 0.717) is 6.42 Å². The summed E-state index contributed by atoms with van der Waals surface area (Å²) in [7, 11) is 1.68. The van der Waals surface area contributed by atoms with Gasteiger partial charge in [-0.1, -0.05) is 11.6 Å². The van der Waals surface area contributed by atoms with Crippen LogP contribution in [0, 0.1) is 0 Å². The molecule has 27 heavy (non-hydrogen) atoms. The third-order valence-corrected chi connectivity index (χ3v) is 5.95. The highest BCUT2D eigenvalue weighted by molar-refractivity contribution is 7.99. The number of anilines is 1. The first-order valence-corrected chi connectivity index (χ1v) is 10.6. The minimum absolute atomic E-state index is 0.244. The van der Waals surface area contributed by atoms with Crippen LogP contribution < -0.4 is 9.64 Å². The molecule has 1 aliphatic heterocycles. The lowest BCUT2D eigenvalue weighted by molar-refractivity contribution is -0.130. The smallest absolute Gasteiger partial charge is 0.223 e. The molecule has 0 aliphatic carbocycles. The van der Waals surface area contributed by atoms with Crippen molar-refractivity contribution in [2.24, 2.45) is 0 Å². The van der Waals surface area contributed by atoms with Crippen LogP contribution in [0.4, 0.5) is 5.69 Å². The molecule has 0 spiro atoms. The van der Waals surface area contributed by atoms with Crippen LogP contribution in [0.2, 0.25) is 5.02 Å². The Bertz CT molecular complexity index is 737. The molecular formula is C21H25ClN2O2S.